The molecule has 5 N–H and O–H groups in total. The lowest BCUT2D eigenvalue weighted by atomic mass is 9.78. The van der Waals surface area contributed by atoms with Gasteiger partial charge < -0.3 is 25.3 Å². The SMILES string of the molecule is Cl.Cl.Nc1n[nH]c(CN2CC(Oc3ccc4c(c3C(=O)O)OB(O)CC4)C2)n1. The highest BCUT2D eigenvalue weighted by molar-refractivity contribution is 6.44. The Kier molecular flexibility index (Phi) is 6.99. The molecule has 0 spiro atoms. The van der Waals surface area contributed by atoms with Gasteiger partial charge in [-0.1, -0.05) is 6.07 Å². The zero-order valence-corrected chi connectivity index (χ0v) is 16.3. The Morgan fingerprint density at radius 1 is 1.43 bits per heavy atom. The quantitative estimate of drug-likeness (QED) is 0.499. The van der Waals surface area contributed by atoms with Gasteiger partial charge in [-0.3, -0.25) is 10.00 Å². The molecule has 0 saturated carbocycles. The number of nitrogens with two attached hydrogens (primary N) is 1. The van der Waals surface area contributed by atoms with E-state index in [0.717, 1.165) is 5.56 Å². The normalized spacial score (nSPS) is 16.1. The van der Waals surface area contributed by atoms with Crippen molar-refractivity contribution in [1.82, 2.24) is 20.1 Å². The number of ether oxygens (including phenoxy) is 1. The third kappa shape index (κ3) is 4.44. The Bertz CT molecular complexity index is 848. The van der Waals surface area contributed by atoms with Crippen LogP contribution in [-0.2, 0) is 13.0 Å². The summed E-state index contributed by atoms with van der Waals surface area (Å²) >= 11 is 0. The van der Waals surface area contributed by atoms with Gasteiger partial charge in [-0.25, -0.2) is 4.79 Å². The number of anilines is 1. The molecule has 0 amide bonds. The lowest BCUT2D eigenvalue weighted by Crippen LogP contribution is -2.53. The number of H-pyrrole nitrogens is 1. The summed E-state index contributed by atoms with van der Waals surface area (Å²) in [7, 11) is -0.996. The summed E-state index contributed by atoms with van der Waals surface area (Å²) in [5.41, 5.74) is 6.19. The van der Waals surface area contributed by atoms with Crippen LogP contribution in [0, 0.1) is 0 Å². The van der Waals surface area contributed by atoms with Gasteiger partial charge in [0, 0.05) is 13.1 Å². The fourth-order valence-electron chi connectivity index (χ4n) is 3.21. The number of aromatic amines is 1. The van der Waals surface area contributed by atoms with Crippen LogP contribution in [0.5, 0.6) is 11.5 Å². The molecule has 2 aliphatic rings. The van der Waals surface area contributed by atoms with Crippen molar-refractivity contribution in [2.45, 2.75) is 25.4 Å². The Balaban J connectivity index is 0.00000140. The molecule has 152 valence electrons. The number of benzene rings is 1. The van der Waals surface area contributed by atoms with Gasteiger partial charge in [0.1, 0.15) is 29.0 Å². The van der Waals surface area contributed by atoms with Gasteiger partial charge in [-0.2, -0.15) is 4.98 Å². The summed E-state index contributed by atoms with van der Waals surface area (Å²) in [6.45, 7) is 1.82. The predicted molar refractivity (Wildman–Crippen MR) is 105 cm³/mol. The summed E-state index contributed by atoms with van der Waals surface area (Å²) in [5.74, 6) is 0.180. The number of aryl methyl sites for hydroxylation is 1. The monoisotopic (exact) mass is 431 g/mol. The average Bonchev–Trinajstić information content (AvgIpc) is 2.97. The number of nitrogens with one attached hydrogen (secondary N) is 1. The maximum Gasteiger partial charge on any atom is 0.522 e. The Labute approximate surface area is 173 Å². The second-order valence-corrected chi connectivity index (χ2v) is 6.42. The van der Waals surface area contributed by atoms with Gasteiger partial charge in [0.25, 0.3) is 0 Å². The van der Waals surface area contributed by atoms with Crippen molar-refractivity contribution in [3.63, 3.8) is 0 Å². The van der Waals surface area contributed by atoms with E-state index in [2.05, 4.69) is 20.1 Å². The van der Waals surface area contributed by atoms with Gasteiger partial charge >= 0.3 is 13.1 Å². The molecule has 0 aliphatic carbocycles. The van der Waals surface area contributed by atoms with E-state index in [4.69, 9.17) is 15.1 Å². The molecule has 0 bridgehead atoms. The van der Waals surface area contributed by atoms with Crippen molar-refractivity contribution < 1.29 is 24.3 Å². The van der Waals surface area contributed by atoms with Gasteiger partial charge in [-0.15, -0.1) is 29.9 Å². The Morgan fingerprint density at radius 2 is 2.18 bits per heavy atom. The van der Waals surface area contributed by atoms with E-state index in [1.54, 1.807) is 12.1 Å². The predicted octanol–water partition coefficient (Wildman–Crippen LogP) is 0.607. The Morgan fingerprint density at radius 3 is 2.82 bits per heavy atom. The van der Waals surface area contributed by atoms with E-state index in [1.807, 2.05) is 0 Å². The number of aromatic carboxylic acids is 1. The minimum absolute atomic E-state index is 0. The van der Waals surface area contributed by atoms with E-state index in [0.29, 0.717) is 38.2 Å². The van der Waals surface area contributed by atoms with Crippen LogP contribution in [0.15, 0.2) is 12.1 Å². The highest BCUT2D eigenvalue weighted by atomic mass is 35.5. The lowest BCUT2D eigenvalue weighted by molar-refractivity contribution is 0.0120. The number of nitrogens with zero attached hydrogens (tertiary/aromatic N) is 3. The molecule has 2 aliphatic heterocycles. The second kappa shape index (κ2) is 8.86. The molecule has 1 fully saturated rings. The number of aromatic nitrogens is 3. The van der Waals surface area contributed by atoms with E-state index >= 15 is 0 Å². The molecule has 28 heavy (non-hydrogen) atoms. The molecule has 1 saturated heterocycles. The zero-order chi connectivity index (χ0) is 18.3. The largest absolute Gasteiger partial charge is 0.535 e. The highest BCUT2D eigenvalue weighted by Crippen LogP contribution is 2.37. The lowest BCUT2D eigenvalue weighted by Gasteiger charge is -2.38. The number of hydrogen-bond donors (Lipinski definition) is 4. The molecule has 2 aromatic rings. The summed E-state index contributed by atoms with van der Waals surface area (Å²) in [5, 5.41) is 25.8. The van der Waals surface area contributed by atoms with Gasteiger partial charge in [0.2, 0.25) is 5.95 Å². The van der Waals surface area contributed by atoms with Crippen LogP contribution in [0.2, 0.25) is 6.32 Å². The number of carboxylic acids is 1. The first-order valence-electron chi connectivity index (χ1n) is 8.29. The molecular formula is C15H20BCl2N5O5. The maximum absolute atomic E-state index is 11.7. The molecule has 0 unspecified atom stereocenters. The van der Waals surface area contributed by atoms with Crippen LogP contribution >= 0.6 is 24.8 Å². The van der Waals surface area contributed by atoms with Crippen molar-refractivity contribution in [2.75, 3.05) is 18.8 Å². The molecule has 1 aromatic heterocycles. The number of hydrogen-bond acceptors (Lipinski definition) is 8. The number of nitrogen functional groups attached to an aromatic ring is 1. The number of carboxylic acid groups (broad SMARTS) is 1. The number of carbonyl (C=O) groups is 1. The molecule has 0 atom stereocenters. The molecular weight excluding hydrogens is 412 g/mol. The molecule has 0 radical (unpaired) electrons. The molecule has 1 aromatic carbocycles. The fraction of sp³-hybridized carbons (Fsp3) is 0.400. The van der Waals surface area contributed by atoms with Crippen LogP contribution in [0.25, 0.3) is 0 Å². The molecule has 10 nitrogen and oxygen atoms in total. The van der Waals surface area contributed by atoms with Crippen molar-refractivity contribution in [3.8, 4) is 11.5 Å². The Hall–Kier alpha value is -2.21. The molecule has 3 heterocycles. The van der Waals surface area contributed by atoms with E-state index in [1.165, 1.54) is 0 Å². The zero-order valence-electron chi connectivity index (χ0n) is 14.7. The standard InChI is InChI=1S/C15H18BN5O5.2ClH/c17-15-18-11(19-20-15)7-21-5-9(6-21)25-10-2-1-8-3-4-16(24)26-13(8)12(10)14(22)23;;/h1-2,9,24H,3-7H2,(H,22,23)(H3,17,18,19,20);2*1H. The van der Waals surface area contributed by atoms with Crippen molar-refractivity contribution in [2.24, 2.45) is 0 Å². The number of halogens is 2. The third-order valence-electron chi connectivity index (χ3n) is 4.47. The topological polar surface area (TPSA) is 147 Å². The minimum Gasteiger partial charge on any atom is -0.535 e. The maximum atomic E-state index is 11.7. The van der Waals surface area contributed by atoms with Crippen LogP contribution in [-0.4, -0.2) is 62.5 Å². The van der Waals surface area contributed by atoms with Crippen LogP contribution in [0.1, 0.15) is 21.7 Å². The van der Waals surface area contributed by atoms with Crippen molar-refractivity contribution in [1.29, 1.82) is 0 Å². The third-order valence-corrected chi connectivity index (χ3v) is 4.47. The first kappa shape index (κ1) is 22.1. The number of fused-ring (bicyclic) bond motifs is 1. The first-order valence-corrected chi connectivity index (χ1v) is 8.29. The summed E-state index contributed by atoms with van der Waals surface area (Å²) in [6, 6.07) is 3.44. The van der Waals surface area contributed by atoms with E-state index < -0.39 is 13.1 Å². The molecule has 13 heteroatoms. The second-order valence-electron chi connectivity index (χ2n) is 6.42. The van der Waals surface area contributed by atoms with Gasteiger partial charge in [0.05, 0.1) is 6.54 Å². The minimum atomic E-state index is -1.14. The van der Waals surface area contributed by atoms with Gasteiger partial charge in [0.15, 0.2) is 0 Å². The summed E-state index contributed by atoms with van der Waals surface area (Å²) < 4.78 is 11.2. The van der Waals surface area contributed by atoms with Crippen LogP contribution in [0.4, 0.5) is 5.95 Å². The van der Waals surface area contributed by atoms with Gasteiger partial charge in [-0.05, 0) is 24.4 Å². The van der Waals surface area contributed by atoms with E-state index in [-0.39, 0.29) is 53.9 Å². The fourth-order valence-corrected chi connectivity index (χ4v) is 3.21. The number of rotatable bonds is 5. The summed E-state index contributed by atoms with van der Waals surface area (Å²) in [4.78, 5) is 17.8. The van der Waals surface area contributed by atoms with Crippen molar-refractivity contribution in [3.05, 3.63) is 29.1 Å². The van der Waals surface area contributed by atoms with Crippen molar-refractivity contribution >= 4 is 43.9 Å². The first-order chi connectivity index (χ1) is 12.5. The van der Waals surface area contributed by atoms with E-state index in [9.17, 15) is 14.9 Å². The molecule has 4 rings (SSSR count). The van der Waals surface area contributed by atoms with Crippen LogP contribution < -0.4 is 15.1 Å². The van der Waals surface area contributed by atoms with Crippen LogP contribution in [0.3, 0.4) is 0 Å². The smallest absolute Gasteiger partial charge is 0.522 e. The number of likely N-dealkylation sites (tertiary alicyclic amines) is 1. The average molecular weight is 432 g/mol. The summed E-state index contributed by atoms with van der Waals surface area (Å²) in [6.07, 6.45) is 0.866. The highest BCUT2D eigenvalue weighted by Gasteiger charge is 2.33.